The normalized spacial score (nSPS) is 12.0. The molecule has 2 aromatic carbocycles. The number of nitrogens with one attached hydrogen (secondary N) is 1. The number of carboxylic acids is 1. The Morgan fingerprint density at radius 1 is 1.06 bits per heavy atom. The van der Waals surface area contributed by atoms with Gasteiger partial charge in [-0.1, -0.05) is 45.0 Å². The molecule has 0 fully saturated rings. The van der Waals surface area contributed by atoms with E-state index in [1.807, 2.05) is 24.3 Å². The fourth-order valence-electron chi connectivity index (χ4n) is 3.36. The molecule has 35 heavy (non-hydrogen) atoms. The number of anilines is 1. The third-order valence-electron chi connectivity index (χ3n) is 5.39. The number of carbonyl (C=O) groups is 2. The first kappa shape index (κ1) is 28.0. The van der Waals surface area contributed by atoms with Crippen molar-refractivity contribution < 1.29 is 28.9 Å². The number of para-hydroxylation sites is 2. The Labute approximate surface area is 208 Å². The van der Waals surface area contributed by atoms with Gasteiger partial charge in [-0.2, -0.15) is 0 Å². The molecule has 1 atom stereocenters. The van der Waals surface area contributed by atoms with Gasteiger partial charge in [0, 0.05) is 19.6 Å². The summed E-state index contributed by atoms with van der Waals surface area (Å²) in [6, 6.07) is 14.3. The Hall–Kier alpha value is -3.26. The van der Waals surface area contributed by atoms with Gasteiger partial charge in [-0.3, -0.25) is 0 Å². The second kappa shape index (κ2) is 13.6. The van der Waals surface area contributed by atoms with Crippen molar-refractivity contribution in [2.24, 2.45) is 5.41 Å². The van der Waals surface area contributed by atoms with E-state index in [2.05, 4.69) is 26.1 Å². The molecule has 2 N–H and O–H groups in total. The number of carboxylic acid groups (broad SMARTS) is 1. The van der Waals surface area contributed by atoms with Crippen LogP contribution in [0.15, 0.2) is 48.5 Å². The Bertz CT molecular complexity index is 939. The summed E-state index contributed by atoms with van der Waals surface area (Å²) in [6.07, 6.45) is 0.253. The van der Waals surface area contributed by atoms with Crippen molar-refractivity contribution in [1.29, 1.82) is 0 Å². The van der Waals surface area contributed by atoms with Gasteiger partial charge in [-0.25, -0.2) is 9.59 Å². The van der Waals surface area contributed by atoms with Crippen LogP contribution in [0.4, 0.5) is 10.5 Å². The molecule has 0 saturated heterocycles. The molecule has 0 saturated carbocycles. The van der Waals surface area contributed by atoms with Crippen LogP contribution < -0.4 is 14.8 Å². The number of aliphatic carboxylic acids is 1. The summed E-state index contributed by atoms with van der Waals surface area (Å²) in [7, 11) is 1.57. The zero-order valence-corrected chi connectivity index (χ0v) is 21.4. The van der Waals surface area contributed by atoms with Crippen molar-refractivity contribution in [3.05, 3.63) is 54.1 Å². The minimum absolute atomic E-state index is 0.0783. The topological polar surface area (TPSA) is 97.3 Å². The van der Waals surface area contributed by atoms with E-state index in [1.54, 1.807) is 43.2 Å². The third kappa shape index (κ3) is 9.86. The molecule has 192 valence electrons. The molecule has 1 unspecified atom stereocenters. The van der Waals surface area contributed by atoms with Crippen molar-refractivity contribution in [2.45, 2.75) is 46.6 Å². The maximum absolute atomic E-state index is 13.0. The molecule has 0 bridgehead atoms. The van der Waals surface area contributed by atoms with E-state index >= 15 is 0 Å². The van der Waals surface area contributed by atoms with Crippen molar-refractivity contribution in [3.63, 3.8) is 0 Å². The van der Waals surface area contributed by atoms with Crippen LogP contribution >= 0.6 is 0 Å². The number of hydrogen-bond acceptors (Lipinski definition) is 5. The Balaban J connectivity index is 1.97. The summed E-state index contributed by atoms with van der Waals surface area (Å²) >= 11 is 0. The quantitative estimate of drug-likeness (QED) is 0.410. The lowest BCUT2D eigenvalue weighted by Crippen LogP contribution is -2.39. The molecule has 0 aromatic heterocycles. The van der Waals surface area contributed by atoms with Crippen molar-refractivity contribution in [3.8, 4) is 11.5 Å². The van der Waals surface area contributed by atoms with Gasteiger partial charge in [0.05, 0.1) is 19.3 Å². The number of carbonyl (C=O) groups excluding carboxylic acids is 1. The van der Waals surface area contributed by atoms with Crippen LogP contribution in [0.25, 0.3) is 0 Å². The molecule has 8 heteroatoms. The molecular weight excluding hydrogens is 448 g/mol. The van der Waals surface area contributed by atoms with Gasteiger partial charge in [0.25, 0.3) is 0 Å². The van der Waals surface area contributed by atoms with Gasteiger partial charge in [0.1, 0.15) is 18.1 Å². The number of amides is 2. The second-order valence-electron chi connectivity index (χ2n) is 9.41. The summed E-state index contributed by atoms with van der Waals surface area (Å²) in [5.41, 5.74) is 1.54. The predicted molar refractivity (Wildman–Crippen MR) is 136 cm³/mol. The molecule has 0 radical (unpaired) electrons. The molecule has 0 heterocycles. The number of urea groups is 1. The smallest absolute Gasteiger partial charge is 0.333 e. The first-order valence-corrected chi connectivity index (χ1v) is 11.9. The molecule has 0 aliphatic rings. The zero-order valence-electron chi connectivity index (χ0n) is 21.4. The highest BCUT2D eigenvalue weighted by molar-refractivity contribution is 5.91. The molecule has 2 aromatic rings. The van der Waals surface area contributed by atoms with Gasteiger partial charge in [0.2, 0.25) is 0 Å². The molecule has 0 aliphatic heterocycles. The Kier molecular flexibility index (Phi) is 10.9. The fourth-order valence-corrected chi connectivity index (χ4v) is 3.36. The summed E-state index contributed by atoms with van der Waals surface area (Å²) in [4.78, 5) is 26.1. The monoisotopic (exact) mass is 486 g/mol. The van der Waals surface area contributed by atoms with Crippen LogP contribution in [0.2, 0.25) is 0 Å². The van der Waals surface area contributed by atoms with Gasteiger partial charge in [-0.15, -0.1) is 0 Å². The minimum atomic E-state index is -0.978. The highest BCUT2D eigenvalue weighted by Crippen LogP contribution is 2.24. The summed E-state index contributed by atoms with van der Waals surface area (Å²) < 4.78 is 16.5. The summed E-state index contributed by atoms with van der Waals surface area (Å²) in [6.45, 7) is 9.85. The van der Waals surface area contributed by atoms with Crippen LogP contribution in [-0.4, -0.2) is 61.5 Å². The lowest BCUT2D eigenvalue weighted by molar-refractivity contribution is -0.149. The predicted octanol–water partition coefficient (Wildman–Crippen LogP) is 5.08. The van der Waals surface area contributed by atoms with Crippen molar-refractivity contribution >= 4 is 17.7 Å². The third-order valence-corrected chi connectivity index (χ3v) is 5.39. The van der Waals surface area contributed by atoms with Gasteiger partial charge in [-0.05, 0) is 48.6 Å². The van der Waals surface area contributed by atoms with E-state index in [4.69, 9.17) is 14.2 Å². The van der Waals surface area contributed by atoms with Crippen molar-refractivity contribution in [2.75, 3.05) is 38.7 Å². The van der Waals surface area contributed by atoms with Crippen LogP contribution in [0, 0.1) is 5.41 Å². The first-order chi connectivity index (χ1) is 16.6. The molecule has 0 aliphatic carbocycles. The van der Waals surface area contributed by atoms with E-state index in [0.29, 0.717) is 43.5 Å². The Morgan fingerprint density at radius 3 is 2.34 bits per heavy atom. The molecular formula is C27H38N2O6. The van der Waals surface area contributed by atoms with Gasteiger partial charge in [0.15, 0.2) is 6.10 Å². The van der Waals surface area contributed by atoms with Gasteiger partial charge < -0.3 is 29.5 Å². The summed E-state index contributed by atoms with van der Waals surface area (Å²) in [5.74, 6) is 0.273. The maximum atomic E-state index is 13.0. The second-order valence-corrected chi connectivity index (χ2v) is 9.41. The van der Waals surface area contributed by atoms with Crippen LogP contribution in [0.1, 0.15) is 39.7 Å². The van der Waals surface area contributed by atoms with Crippen molar-refractivity contribution in [1.82, 2.24) is 4.90 Å². The lowest BCUT2D eigenvalue weighted by Gasteiger charge is -2.27. The lowest BCUT2D eigenvalue weighted by atomic mass is 9.92. The zero-order chi connectivity index (χ0) is 25.8. The largest absolute Gasteiger partial charge is 0.495 e. The Morgan fingerprint density at radius 2 is 1.74 bits per heavy atom. The number of methoxy groups -OCH3 is 1. The molecule has 8 nitrogen and oxygen atoms in total. The highest BCUT2D eigenvalue weighted by Gasteiger charge is 2.20. The maximum Gasteiger partial charge on any atom is 0.333 e. The van der Waals surface area contributed by atoms with Crippen LogP contribution in [-0.2, 0) is 16.0 Å². The van der Waals surface area contributed by atoms with Gasteiger partial charge >= 0.3 is 12.0 Å². The average molecular weight is 487 g/mol. The number of rotatable bonds is 13. The standard InChI is InChI=1S/C27H38N2O6/c1-6-34-24(25(30)31)19-20-11-13-21(14-12-20)35-18-17-29(16-15-27(2,3)4)26(32)28-22-9-7-8-10-23(22)33-5/h7-14,24H,6,15-19H2,1-5H3,(H,28,32)(H,30,31). The van der Waals surface area contributed by atoms with E-state index in [9.17, 15) is 14.7 Å². The number of nitrogens with zero attached hydrogens (tertiary/aromatic N) is 1. The summed E-state index contributed by atoms with van der Waals surface area (Å²) in [5, 5.41) is 12.2. The average Bonchev–Trinajstić information content (AvgIpc) is 2.81. The minimum Gasteiger partial charge on any atom is -0.495 e. The van der Waals surface area contributed by atoms with E-state index in [0.717, 1.165) is 12.0 Å². The number of ether oxygens (including phenoxy) is 3. The van der Waals surface area contributed by atoms with E-state index < -0.39 is 12.1 Å². The SMILES string of the molecule is CCOC(Cc1ccc(OCCN(CCC(C)(C)C)C(=O)Nc2ccccc2OC)cc1)C(=O)O. The van der Waals surface area contributed by atoms with E-state index in [1.165, 1.54) is 0 Å². The van der Waals surface area contributed by atoms with Crippen LogP contribution in [0.3, 0.4) is 0 Å². The molecule has 0 spiro atoms. The number of benzene rings is 2. The van der Waals surface area contributed by atoms with E-state index in [-0.39, 0.29) is 17.9 Å². The fraction of sp³-hybridized carbons (Fsp3) is 0.481. The molecule has 2 rings (SSSR count). The first-order valence-electron chi connectivity index (χ1n) is 11.9. The molecule has 2 amide bonds. The van der Waals surface area contributed by atoms with Crippen LogP contribution in [0.5, 0.6) is 11.5 Å². The highest BCUT2D eigenvalue weighted by atomic mass is 16.5. The number of hydrogen-bond donors (Lipinski definition) is 2.